The first-order chi connectivity index (χ1) is 20.3. The maximum absolute atomic E-state index is 13.3. The van der Waals surface area contributed by atoms with Crippen LogP contribution in [-0.2, 0) is 13.6 Å². The largest absolute Gasteiger partial charge is 0.437 e. The van der Waals surface area contributed by atoms with E-state index in [1.807, 2.05) is 48.1 Å². The van der Waals surface area contributed by atoms with Crippen molar-refractivity contribution in [1.29, 1.82) is 0 Å². The highest BCUT2D eigenvalue weighted by atomic mass is 35.5. The summed E-state index contributed by atoms with van der Waals surface area (Å²) in [5.74, 6) is 1.01. The zero-order chi connectivity index (χ0) is 29.2. The minimum absolute atomic E-state index is 0.305. The molecule has 0 aliphatic carbocycles. The summed E-state index contributed by atoms with van der Waals surface area (Å²) < 4.78 is 8.17. The lowest BCUT2D eigenvalue weighted by atomic mass is 10.1. The van der Waals surface area contributed by atoms with Gasteiger partial charge in [0.1, 0.15) is 11.3 Å². The number of ether oxygens (including phenoxy) is 1. The van der Waals surface area contributed by atoms with E-state index < -0.39 is 0 Å². The zero-order valence-corrected chi connectivity index (χ0v) is 24.6. The molecule has 3 aromatic heterocycles. The monoisotopic (exact) mass is 581 g/mol. The predicted molar refractivity (Wildman–Crippen MR) is 165 cm³/mol. The van der Waals surface area contributed by atoms with Gasteiger partial charge in [0.25, 0.3) is 5.91 Å². The number of aromatic nitrogens is 4. The molecule has 5 aromatic rings. The molecule has 0 unspecified atom stereocenters. The second-order valence-electron chi connectivity index (χ2n) is 10.7. The highest BCUT2D eigenvalue weighted by Crippen LogP contribution is 2.32. The number of fused-ring (bicyclic) bond motifs is 1. The summed E-state index contributed by atoms with van der Waals surface area (Å²) >= 11 is 6.48. The van der Waals surface area contributed by atoms with Crippen LogP contribution in [0.15, 0.2) is 73.2 Å². The van der Waals surface area contributed by atoms with Gasteiger partial charge in [0.2, 0.25) is 5.88 Å². The second-order valence-corrected chi connectivity index (χ2v) is 11.1. The van der Waals surface area contributed by atoms with Crippen molar-refractivity contribution in [3.8, 4) is 23.0 Å². The van der Waals surface area contributed by atoms with Gasteiger partial charge in [0.05, 0.1) is 16.1 Å². The van der Waals surface area contributed by atoms with Crippen molar-refractivity contribution < 1.29 is 9.53 Å². The molecule has 10 heteroatoms. The van der Waals surface area contributed by atoms with Gasteiger partial charge in [-0.05, 0) is 73.6 Å². The summed E-state index contributed by atoms with van der Waals surface area (Å²) in [7, 11) is 4.07. The molecule has 1 amide bonds. The fourth-order valence-corrected chi connectivity index (χ4v) is 5.31. The SMILES string of the molecule is Cc1cc(NC(=O)c2cc(Oc3nc(-c4ccncc4)nc4ccn(C)c34)ccc2Cl)ccc1CN1CCN(C)CC1. The Kier molecular flexibility index (Phi) is 7.88. The van der Waals surface area contributed by atoms with Gasteiger partial charge < -0.3 is 19.5 Å². The molecule has 0 radical (unpaired) electrons. The molecular weight excluding hydrogens is 550 g/mol. The van der Waals surface area contributed by atoms with E-state index in [2.05, 4.69) is 40.1 Å². The third kappa shape index (κ3) is 5.99. The molecule has 1 aliphatic heterocycles. The fraction of sp³-hybridized carbons (Fsp3) is 0.250. The lowest BCUT2D eigenvalue weighted by molar-refractivity contribution is 0.102. The quantitative estimate of drug-likeness (QED) is 0.260. The number of likely N-dealkylation sites (N-methyl/N-ethyl adjacent to an activating group) is 1. The van der Waals surface area contributed by atoms with Crippen LogP contribution < -0.4 is 10.1 Å². The van der Waals surface area contributed by atoms with Gasteiger partial charge in [-0.2, -0.15) is 4.98 Å². The fourth-order valence-electron chi connectivity index (χ4n) is 5.11. The van der Waals surface area contributed by atoms with Gasteiger partial charge in [-0.25, -0.2) is 4.98 Å². The predicted octanol–water partition coefficient (Wildman–Crippen LogP) is 5.78. The van der Waals surface area contributed by atoms with Crippen molar-refractivity contribution in [2.24, 2.45) is 7.05 Å². The number of amides is 1. The number of nitrogens with one attached hydrogen (secondary N) is 1. The molecule has 1 fully saturated rings. The van der Waals surface area contributed by atoms with Crippen molar-refractivity contribution >= 4 is 34.2 Å². The van der Waals surface area contributed by atoms with Gasteiger partial charge in [-0.1, -0.05) is 17.7 Å². The molecule has 0 saturated carbocycles. The number of hydrogen-bond acceptors (Lipinski definition) is 7. The molecule has 2 aromatic carbocycles. The summed E-state index contributed by atoms with van der Waals surface area (Å²) in [4.78, 5) is 31.6. The Labute approximate surface area is 249 Å². The van der Waals surface area contributed by atoms with E-state index in [-0.39, 0.29) is 5.91 Å². The maximum atomic E-state index is 13.3. The summed E-state index contributed by atoms with van der Waals surface area (Å²) in [6, 6.07) is 16.7. The van der Waals surface area contributed by atoms with E-state index >= 15 is 0 Å². The van der Waals surface area contributed by atoms with Crippen molar-refractivity contribution in [2.75, 3.05) is 38.5 Å². The highest BCUT2D eigenvalue weighted by molar-refractivity contribution is 6.34. The molecule has 0 bridgehead atoms. The number of halogens is 1. The van der Waals surface area contributed by atoms with Crippen LogP contribution in [0.3, 0.4) is 0 Å². The van der Waals surface area contributed by atoms with E-state index in [0.29, 0.717) is 33.7 Å². The molecule has 1 saturated heterocycles. The number of pyridine rings is 1. The summed E-state index contributed by atoms with van der Waals surface area (Å²) in [5, 5.41) is 3.32. The molecule has 42 heavy (non-hydrogen) atoms. The highest BCUT2D eigenvalue weighted by Gasteiger charge is 2.18. The number of anilines is 1. The number of aryl methyl sites for hydroxylation is 2. The van der Waals surface area contributed by atoms with Crippen molar-refractivity contribution in [3.63, 3.8) is 0 Å². The van der Waals surface area contributed by atoms with E-state index in [9.17, 15) is 4.79 Å². The molecule has 214 valence electrons. The van der Waals surface area contributed by atoms with Crippen LogP contribution in [-0.4, -0.2) is 68.5 Å². The number of carbonyl (C=O) groups is 1. The number of benzene rings is 2. The lowest BCUT2D eigenvalue weighted by Gasteiger charge is -2.32. The number of hydrogen-bond donors (Lipinski definition) is 1. The Morgan fingerprint density at radius 3 is 2.52 bits per heavy atom. The van der Waals surface area contributed by atoms with Crippen LogP contribution in [0, 0.1) is 6.92 Å². The Balaban J connectivity index is 1.22. The molecule has 4 heterocycles. The number of carbonyl (C=O) groups excluding carboxylic acids is 1. The molecule has 0 atom stereocenters. The van der Waals surface area contributed by atoms with Gasteiger partial charge in [0.15, 0.2) is 5.82 Å². The number of rotatable bonds is 7. The molecule has 0 spiro atoms. The Hall–Kier alpha value is -4.31. The van der Waals surface area contributed by atoms with Crippen molar-refractivity contribution in [3.05, 3.63) is 94.9 Å². The molecule has 9 nitrogen and oxygen atoms in total. The third-order valence-corrected chi connectivity index (χ3v) is 7.94. The summed E-state index contributed by atoms with van der Waals surface area (Å²) in [5.41, 5.74) is 5.71. The third-order valence-electron chi connectivity index (χ3n) is 7.61. The first-order valence-corrected chi connectivity index (χ1v) is 14.2. The van der Waals surface area contributed by atoms with Crippen LogP contribution in [0.4, 0.5) is 5.69 Å². The van der Waals surface area contributed by atoms with Gasteiger partial charge in [-0.15, -0.1) is 0 Å². The Morgan fingerprint density at radius 1 is 0.976 bits per heavy atom. The van der Waals surface area contributed by atoms with Gasteiger partial charge in [-0.3, -0.25) is 14.7 Å². The first kappa shape index (κ1) is 27.8. The summed E-state index contributed by atoms with van der Waals surface area (Å²) in [6.45, 7) is 7.25. The van der Waals surface area contributed by atoms with Gasteiger partial charge >= 0.3 is 0 Å². The van der Waals surface area contributed by atoms with Crippen LogP contribution in [0.2, 0.25) is 5.02 Å². The molecule has 1 aliphatic rings. The minimum atomic E-state index is -0.319. The average Bonchev–Trinajstić information content (AvgIpc) is 3.37. The van der Waals surface area contributed by atoms with Crippen LogP contribution in [0.1, 0.15) is 21.5 Å². The smallest absolute Gasteiger partial charge is 0.257 e. The lowest BCUT2D eigenvalue weighted by Crippen LogP contribution is -2.43. The summed E-state index contributed by atoms with van der Waals surface area (Å²) in [6.07, 6.45) is 5.30. The Bertz CT molecular complexity index is 1750. The van der Waals surface area contributed by atoms with Crippen LogP contribution in [0.25, 0.3) is 22.4 Å². The van der Waals surface area contributed by atoms with Crippen LogP contribution >= 0.6 is 11.6 Å². The van der Waals surface area contributed by atoms with E-state index in [4.69, 9.17) is 26.3 Å². The molecule has 6 rings (SSSR count). The van der Waals surface area contributed by atoms with E-state index in [1.54, 1.807) is 30.6 Å². The van der Waals surface area contributed by atoms with E-state index in [0.717, 1.165) is 54.9 Å². The maximum Gasteiger partial charge on any atom is 0.257 e. The standard InChI is InChI=1S/C32H32ClN7O2/c1-21-18-24(5-4-23(21)20-40-16-14-38(2)15-17-40)35-31(41)26-19-25(6-7-27(26)33)42-32-29-28(10-13-39(29)3)36-30(37-32)22-8-11-34-12-9-22/h4-13,18-19H,14-17,20H2,1-3H3,(H,35,41). The second kappa shape index (κ2) is 11.9. The van der Waals surface area contributed by atoms with E-state index in [1.165, 1.54) is 5.56 Å². The minimum Gasteiger partial charge on any atom is -0.437 e. The first-order valence-electron chi connectivity index (χ1n) is 13.9. The zero-order valence-electron chi connectivity index (χ0n) is 23.8. The molecule has 1 N–H and O–H groups in total. The van der Waals surface area contributed by atoms with Gasteiger partial charge in [0, 0.05) is 69.6 Å². The normalized spacial score (nSPS) is 14.3. The molecular formula is C32H32ClN7O2. The number of nitrogens with zero attached hydrogens (tertiary/aromatic N) is 6. The Morgan fingerprint density at radius 2 is 1.76 bits per heavy atom. The van der Waals surface area contributed by atoms with Crippen molar-refractivity contribution in [1.82, 2.24) is 29.3 Å². The van der Waals surface area contributed by atoms with Crippen LogP contribution in [0.5, 0.6) is 11.6 Å². The topological polar surface area (TPSA) is 88.4 Å². The number of piperazine rings is 1. The van der Waals surface area contributed by atoms with Crippen molar-refractivity contribution in [2.45, 2.75) is 13.5 Å². The average molecular weight is 582 g/mol.